The smallest absolute Gasteiger partial charge is 0.378 e. The number of halogens is 8. The summed E-state index contributed by atoms with van der Waals surface area (Å²) in [4.78, 5) is 22.9. The highest BCUT2D eigenvalue weighted by molar-refractivity contribution is 5.82. The van der Waals surface area contributed by atoms with Crippen LogP contribution in [0.5, 0.6) is 0 Å². The molecule has 0 heterocycles. The number of hydrogen-bond donors (Lipinski definition) is 2. The van der Waals surface area contributed by atoms with Gasteiger partial charge in [0.1, 0.15) is 0 Å². The molecule has 0 aliphatic rings. The van der Waals surface area contributed by atoms with Crippen molar-refractivity contribution in [3.05, 3.63) is 0 Å². The van der Waals surface area contributed by atoms with Crippen molar-refractivity contribution in [1.29, 1.82) is 0 Å². The zero-order valence-corrected chi connectivity index (χ0v) is 15.8. The highest BCUT2D eigenvalue weighted by Gasteiger charge is 2.69. The zero-order chi connectivity index (χ0) is 23.8. The number of ether oxygens (including phenoxy) is 3. The van der Waals surface area contributed by atoms with Crippen LogP contribution >= 0.6 is 0 Å². The van der Waals surface area contributed by atoms with E-state index in [1.165, 1.54) is 19.2 Å². The lowest BCUT2D eigenvalue weighted by molar-refractivity contribution is -0.500. The number of nitrogens with two attached hydrogens (primary N) is 1. The van der Waals surface area contributed by atoms with Crippen LogP contribution in [0.4, 0.5) is 35.1 Å². The van der Waals surface area contributed by atoms with E-state index in [0.29, 0.717) is 0 Å². The van der Waals surface area contributed by atoms with Gasteiger partial charge in [-0.25, -0.2) is 9.47 Å². The molecular formula is C14H21F8N3O5. The van der Waals surface area contributed by atoms with Crippen molar-refractivity contribution < 1.29 is 58.9 Å². The van der Waals surface area contributed by atoms with E-state index < -0.39 is 55.9 Å². The molecule has 0 atom stereocenters. The molecule has 30 heavy (non-hydrogen) atoms. The van der Waals surface area contributed by atoms with Gasteiger partial charge >= 0.3 is 36.2 Å². The molecule has 0 radical (unpaired) electrons. The van der Waals surface area contributed by atoms with Crippen LogP contribution in [0.25, 0.3) is 0 Å². The van der Waals surface area contributed by atoms with Crippen molar-refractivity contribution in [2.24, 2.45) is 5.73 Å². The molecule has 0 fully saturated rings. The fourth-order valence-electron chi connectivity index (χ4n) is 1.75. The average Bonchev–Trinajstić information content (AvgIpc) is 2.60. The Morgan fingerprint density at radius 2 is 1.33 bits per heavy atom. The quantitative estimate of drug-likeness (QED) is 0.298. The average molecular weight is 463 g/mol. The second-order valence-corrected chi connectivity index (χ2v) is 5.41. The highest BCUT2D eigenvalue weighted by atomic mass is 19.3. The number of amides is 2. The summed E-state index contributed by atoms with van der Waals surface area (Å²) in [6.07, 6.45) is -24.0. The van der Waals surface area contributed by atoms with Crippen molar-refractivity contribution in [3.8, 4) is 0 Å². The van der Waals surface area contributed by atoms with E-state index in [9.17, 15) is 44.7 Å². The molecule has 0 aromatic carbocycles. The number of hydrogen-bond acceptors (Lipinski definition) is 6. The van der Waals surface area contributed by atoms with E-state index in [1.807, 2.05) is 0 Å². The standard InChI is InChI=1S/C14H21F8N3O5/c1-3-25(4-2)10(27)12(17,18)30-14(21,22)13(19,20)29-11(15,16)9(26)24-6-8-28-7-5-23/h3-8,23H2,1-2H3,(H,24,26). The molecule has 0 aromatic heterocycles. The van der Waals surface area contributed by atoms with Gasteiger partial charge in [-0.3, -0.25) is 9.59 Å². The zero-order valence-electron chi connectivity index (χ0n) is 15.8. The molecule has 0 aliphatic carbocycles. The van der Waals surface area contributed by atoms with Crippen molar-refractivity contribution in [2.75, 3.05) is 39.4 Å². The first-order valence-electron chi connectivity index (χ1n) is 8.35. The van der Waals surface area contributed by atoms with Gasteiger partial charge in [0.2, 0.25) is 0 Å². The first-order valence-corrected chi connectivity index (χ1v) is 8.35. The highest BCUT2D eigenvalue weighted by Crippen LogP contribution is 2.43. The Hall–Kier alpha value is -1.78. The van der Waals surface area contributed by atoms with Gasteiger partial charge in [0.15, 0.2) is 0 Å². The van der Waals surface area contributed by atoms with Gasteiger partial charge in [0.25, 0.3) is 0 Å². The third-order valence-corrected chi connectivity index (χ3v) is 3.21. The van der Waals surface area contributed by atoms with Crippen LogP contribution in [-0.2, 0) is 23.8 Å². The second kappa shape index (κ2) is 11.0. The summed E-state index contributed by atoms with van der Waals surface area (Å²) in [6, 6.07) is 0. The third kappa shape index (κ3) is 7.81. The summed E-state index contributed by atoms with van der Waals surface area (Å²) in [5, 5.41) is 1.34. The maximum atomic E-state index is 13.6. The van der Waals surface area contributed by atoms with Crippen LogP contribution in [0.2, 0.25) is 0 Å². The van der Waals surface area contributed by atoms with Gasteiger partial charge in [0.05, 0.1) is 13.2 Å². The van der Waals surface area contributed by atoms with Gasteiger partial charge in [-0.2, -0.15) is 35.1 Å². The van der Waals surface area contributed by atoms with E-state index in [1.54, 1.807) is 0 Å². The molecule has 0 bridgehead atoms. The Labute approximate surface area is 165 Å². The lowest BCUT2D eigenvalue weighted by atomic mass is 10.4. The molecule has 0 spiro atoms. The number of carbonyl (C=O) groups excluding carboxylic acids is 2. The van der Waals surface area contributed by atoms with Crippen LogP contribution in [0.15, 0.2) is 0 Å². The number of carbonyl (C=O) groups is 2. The minimum atomic E-state index is -6.43. The Kier molecular flexibility index (Phi) is 10.4. The number of nitrogens with one attached hydrogen (secondary N) is 1. The monoisotopic (exact) mass is 463 g/mol. The Morgan fingerprint density at radius 1 is 0.867 bits per heavy atom. The van der Waals surface area contributed by atoms with Gasteiger partial charge in [-0.1, -0.05) is 0 Å². The summed E-state index contributed by atoms with van der Waals surface area (Å²) >= 11 is 0. The summed E-state index contributed by atoms with van der Waals surface area (Å²) in [5.41, 5.74) is 5.05. The summed E-state index contributed by atoms with van der Waals surface area (Å²) in [6.45, 7) is 0.503. The van der Waals surface area contributed by atoms with E-state index in [4.69, 9.17) is 5.73 Å². The first-order chi connectivity index (χ1) is 13.6. The Morgan fingerprint density at radius 3 is 1.77 bits per heavy atom. The van der Waals surface area contributed by atoms with Crippen LogP contribution in [0.3, 0.4) is 0 Å². The summed E-state index contributed by atoms with van der Waals surface area (Å²) in [7, 11) is 0. The predicted molar refractivity (Wildman–Crippen MR) is 82.8 cm³/mol. The Balaban J connectivity index is 5.20. The molecule has 0 saturated heterocycles. The maximum absolute atomic E-state index is 13.6. The number of likely N-dealkylation sites (N-methyl/N-ethyl adjacent to an activating group) is 1. The molecular weight excluding hydrogens is 442 g/mol. The maximum Gasteiger partial charge on any atom is 0.453 e. The minimum Gasteiger partial charge on any atom is -0.378 e. The van der Waals surface area contributed by atoms with E-state index in [2.05, 4.69) is 14.2 Å². The molecule has 16 heteroatoms. The lowest BCUT2D eigenvalue weighted by Crippen LogP contribution is -2.57. The van der Waals surface area contributed by atoms with Crippen LogP contribution in [0.1, 0.15) is 13.8 Å². The molecule has 0 aliphatic heterocycles. The minimum absolute atomic E-state index is 0.0230. The summed E-state index contributed by atoms with van der Waals surface area (Å²) < 4.78 is 118. The van der Waals surface area contributed by atoms with Gasteiger partial charge < -0.3 is 20.7 Å². The molecule has 8 nitrogen and oxygen atoms in total. The molecule has 178 valence electrons. The fraction of sp³-hybridized carbons (Fsp3) is 0.857. The van der Waals surface area contributed by atoms with E-state index in [-0.39, 0.29) is 24.7 Å². The van der Waals surface area contributed by atoms with Crippen molar-refractivity contribution in [1.82, 2.24) is 10.2 Å². The van der Waals surface area contributed by atoms with Gasteiger partial charge in [-0.05, 0) is 13.8 Å². The SMILES string of the molecule is CCN(CC)C(=O)C(F)(F)OC(F)(F)C(F)(F)OC(F)(F)C(=O)NCCOCCN. The fourth-order valence-corrected chi connectivity index (χ4v) is 1.75. The molecule has 3 N–H and O–H groups in total. The van der Waals surface area contributed by atoms with Gasteiger partial charge in [-0.15, -0.1) is 0 Å². The van der Waals surface area contributed by atoms with E-state index in [0.717, 1.165) is 0 Å². The van der Waals surface area contributed by atoms with Crippen molar-refractivity contribution >= 4 is 11.8 Å². The summed E-state index contributed by atoms with van der Waals surface area (Å²) in [5.74, 6) is -5.00. The molecule has 0 aromatic rings. The number of rotatable bonds is 14. The molecule has 0 rings (SSSR count). The Bertz CT molecular complexity index is 576. The lowest BCUT2D eigenvalue weighted by Gasteiger charge is -2.31. The largest absolute Gasteiger partial charge is 0.453 e. The number of alkyl halides is 8. The van der Waals surface area contributed by atoms with Crippen molar-refractivity contribution in [3.63, 3.8) is 0 Å². The third-order valence-electron chi connectivity index (χ3n) is 3.21. The first kappa shape index (κ1) is 28.2. The van der Waals surface area contributed by atoms with Crippen molar-refractivity contribution in [2.45, 2.75) is 38.3 Å². The molecule has 0 unspecified atom stereocenters. The predicted octanol–water partition coefficient (Wildman–Crippen LogP) is 1.35. The van der Waals surface area contributed by atoms with E-state index >= 15 is 0 Å². The van der Waals surface area contributed by atoms with Crippen LogP contribution in [0, 0.1) is 0 Å². The molecule has 0 saturated carbocycles. The number of nitrogens with zero attached hydrogens (tertiary/aromatic N) is 1. The molecule has 2 amide bonds. The second-order valence-electron chi connectivity index (χ2n) is 5.41. The van der Waals surface area contributed by atoms with Crippen LogP contribution in [-0.4, -0.2) is 80.5 Å². The topological polar surface area (TPSA) is 103 Å². The normalized spacial score (nSPS) is 13.3. The van der Waals surface area contributed by atoms with Crippen LogP contribution < -0.4 is 11.1 Å². The van der Waals surface area contributed by atoms with Gasteiger partial charge in [0, 0.05) is 26.2 Å².